The fourth-order valence-corrected chi connectivity index (χ4v) is 1.74. The van der Waals surface area contributed by atoms with Crippen LogP contribution in [0, 0.1) is 18.8 Å². The van der Waals surface area contributed by atoms with Crippen LogP contribution in [0.2, 0.25) is 0 Å². The number of hydrogen-bond donors (Lipinski definition) is 1. The number of hydroxylamine groups is 2. The molecule has 22 heavy (non-hydrogen) atoms. The first-order chi connectivity index (χ1) is 10.6. The van der Waals surface area contributed by atoms with E-state index < -0.39 is 0 Å². The Labute approximate surface area is 130 Å². The molecule has 0 aliphatic heterocycles. The molecule has 2 rings (SSSR count). The highest BCUT2D eigenvalue weighted by Crippen LogP contribution is 2.11. The van der Waals surface area contributed by atoms with Crippen molar-refractivity contribution in [2.24, 2.45) is 0 Å². The van der Waals surface area contributed by atoms with Crippen LogP contribution in [0.5, 0.6) is 0 Å². The number of amides is 2. The number of urea groups is 1. The lowest BCUT2D eigenvalue weighted by Crippen LogP contribution is -2.30. The fourth-order valence-electron chi connectivity index (χ4n) is 1.74. The first-order valence-corrected chi connectivity index (χ1v) is 6.86. The van der Waals surface area contributed by atoms with Crippen LogP contribution in [0.4, 0.5) is 10.5 Å². The van der Waals surface area contributed by atoms with Crippen LogP contribution < -0.4 is 5.32 Å². The third-order valence-electron chi connectivity index (χ3n) is 3.08. The number of rotatable bonds is 2. The molecule has 112 valence electrons. The number of benzene rings is 2. The van der Waals surface area contributed by atoms with Crippen LogP contribution in [0.1, 0.15) is 16.7 Å². The first-order valence-electron chi connectivity index (χ1n) is 6.86. The maximum Gasteiger partial charge on any atom is 0.345 e. The Balaban J connectivity index is 2.12. The summed E-state index contributed by atoms with van der Waals surface area (Å²) in [6, 6.07) is 15.1. The second kappa shape index (κ2) is 7.30. The first kappa shape index (κ1) is 15.6. The number of carbonyl (C=O) groups excluding carboxylic acids is 1. The van der Waals surface area contributed by atoms with Crippen LogP contribution in [-0.4, -0.2) is 25.3 Å². The number of aryl methyl sites for hydroxylation is 1. The minimum atomic E-state index is -0.342. The highest BCUT2D eigenvalue weighted by Gasteiger charge is 2.07. The largest absolute Gasteiger partial charge is 0.345 e. The van der Waals surface area contributed by atoms with Crippen molar-refractivity contribution >= 4 is 11.7 Å². The van der Waals surface area contributed by atoms with Crippen molar-refractivity contribution in [3.63, 3.8) is 0 Å². The standard InChI is InChI=1S/C18H18N2O2/c1-14-7-9-15(10-8-14)11-12-16-5-4-6-17(13-16)19-18(21)20(2)22-3/h4-10,13H,1-3H3,(H,19,21). The highest BCUT2D eigenvalue weighted by atomic mass is 16.7. The lowest BCUT2D eigenvalue weighted by Gasteiger charge is -2.14. The van der Waals surface area contributed by atoms with E-state index in [0.29, 0.717) is 5.69 Å². The Morgan fingerprint density at radius 2 is 1.77 bits per heavy atom. The van der Waals surface area contributed by atoms with Crippen LogP contribution in [0.15, 0.2) is 48.5 Å². The van der Waals surface area contributed by atoms with E-state index in [9.17, 15) is 4.79 Å². The van der Waals surface area contributed by atoms with E-state index in [0.717, 1.165) is 16.2 Å². The molecule has 0 aromatic heterocycles. The summed E-state index contributed by atoms with van der Waals surface area (Å²) in [6.07, 6.45) is 0. The van der Waals surface area contributed by atoms with E-state index in [1.165, 1.54) is 19.7 Å². The lowest BCUT2D eigenvalue weighted by molar-refractivity contribution is -0.0598. The summed E-state index contributed by atoms with van der Waals surface area (Å²) in [5.41, 5.74) is 3.67. The molecule has 0 atom stereocenters. The van der Waals surface area contributed by atoms with E-state index in [1.807, 2.05) is 49.4 Å². The summed E-state index contributed by atoms with van der Waals surface area (Å²) in [6.45, 7) is 2.04. The molecule has 0 bridgehead atoms. The second-order valence-electron chi connectivity index (χ2n) is 4.81. The minimum Gasteiger partial charge on any atom is -0.306 e. The smallest absolute Gasteiger partial charge is 0.306 e. The van der Waals surface area contributed by atoms with Crippen molar-refractivity contribution in [1.82, 2.24) is 5.06 Å². The molecule has 0 saturated heterocycles. The van der Waals surface area contributed by atoms with E-state index in [2.05, 4.69) is 17.2 Å². The van der Waals surface area contributed by atoms with Crippen molar-refractivity contribution in [2.75, 3.05) is 19.5 Å². The summed E-state index contributed by atoms with van der Waals surface area (Å²) in [5.74, 6) is 6.20. The van der Waals surface area contributed by atoms with Gasteiger partial charge in [-0.2, -0.15) is 0 Å². The predicted octanol–water partition coefficient (Wildman–Crippen LogP) is 3.42. The van der Waals surface area contributed by atoms with Gasteiger partial charge in [0, 0.05) is 23.9 Å². The molecule has 4 heteroatoms. The van der Waals surface area contributed by atoms with Gasteiger partial charge >= 0.3 is 6.03 Å². The second-order valence-corrected chi connectivity index (χ2v) is 4.81. The Hall–Kier alpha value is -2.77. The van der Waals surface area contributed by atoms with E-state index in [-0.39, 0.29) is 6.03 Å². The third kappa shape index (κ3) is 4.37. The van der Waals surface area contributed by atoms with Gasteiger partial charge in [-0.1, -0.05) is 35.6 Å². The number of anilines is 1. The van der Waals surface area contributed by atoms with E-state index in [4.69, 9.17) is 4.84 Å². The zero-order valence-electron chi connectivity index (χ0n) is 12.9. The van der Waals surface area contributed by atoms with Crippen molar-refractivity contribution in [1.29, 1.82) is 0 Å². The summed E-state index contributed by atoms with van der Waals surface area (Å²) in [5, 5.41) is 3.85. The SMILES string of the molecule is CON(C)C(=O)Nc1cccc(C#Cc2ccc(C)cc2)c1. The predicted molar refractivity (Wildman–Crippen MR) is 87.4 cm³/mol. The highest BCUT2D eigenvalue weighted by molar-refractivity contribution is 5.88. The molecule has 2 aromatic rings. The maximum absolute atomic E-state index is 11.7. The number of hydrogen-bond acceptors (Lipinski definition) is 2. The molecule has 0 heterocycles. The molecule has 0 spiro atoms. The molecule has 0 fully saturated rings. The van der Waals surface area contributed by atoms with Gasteiger partial charge in [0.2, 0.25) is 0 Å². The van der Waals surface area contributed by atoms with Gasteiger partial charge in [-0.25, -0.2) is 9.86 Å². The third-order valence-corrected chi connectivity index (χ3v) is 3.08. The normalized spacial score (nSPS) is 9.59. The topological polar surface area (TPSA) is 41.6 Å². The van der Waals surface area contributed by atoms with Crippen LogP contribution >= 0.6 is 0 Å². The van der Waals surface area contributed by atoms with Gasteiger partial charge in [-0.15, -0.1) is 0 Å². The molecule has 1 N–H and O–H groups in total. The minimum absolute atomic E-state index is 0.342. The molecule has 2 amide bonds. The fraction of sp³-hybridized carbons (Fsp3) is 0.167. The lowest BCUT2D eigenvalue weighted by atomic mass is 10.1. The molecule has 2 aromatic carbocycles. The van der Waals surface area contributed by atoms with Gasteiger partial charge < -0.3 is 5.32 Å². The summed E-state index contributed by atoms with van der Waals surface area (Å²) < 4.78 is 0. The molecule has 0 radical (unpaired) electrons. The molecule has 0 saturated carbocycles. The van der Waals surface area contributed by atoms with Crippen LogP contribution in [-0.2, 0) is 4.84 Å². The van der Waals surface area contributed by atoms with Gasteiger partial charge in [0.25, 0.3) is 0 Å². The molecule has 0 unspecified atom stereocenters. The van der Waals surface area contributed by atoms with E-state index in [1.54, 1.807) is 6.07 Å². The van der Waals surface area contributed by atoms with Gasteiger partial charge in [0.15, 0.2) is 0 Å². The van der Waals surface area contributed by atoms with Gasteiger partial charge in [0.05, 0.1) is 7.11 Å². The monoisotopic (exact) mass is 294 g/mol. The summed E-state index contributed by atoms with van der Waals surface area (Å²) in [7, 11) is 2.97. The van der Waals surface area contributed by atoms with Gasteiger partial charge in [-0.3, -0.25) is 4.84 Å². The molecule has 0 aliphatic rings. The number of nitrogens with one attached hydrogen (secondary N) is 1. The van der Waals surface area contributed by atoms with Crippen LogP contribution in [0.3, 0.4) is 0 Å². The van der Waals surface area contributed by atoms with E-state index >= 15 is 0 Å². The Morgan fingerprint density at radius 1 is 1.09 bits per heavy atom. The quantitative estimate of drug-likeness (QED) is 0.681. The Morgan fingerprint density at radius 3 is 2.45 bits per heavy atom. The van der Waals surface area contributed by atoms with Crippen molar-refractivity contribution in [3.05, 3.63) is 65.2 Å². The zero-order valence-corrected chi connectivity index (χ0v) is 12.9. The maximum atomic E-state index is 11.7. The zero-order chi connectivity index (χ0) is 15.9. The van der Waals surface area contributed by atoms with Crippen LogP contribution in [0.25, 0.3) is 0 Å². The molecule has 0 aliphatic carbocycles. The van der Waals surface area contributed by atoms with Crippen molar-refractivity contribution < 1.29 is 9.63 Å². The van der Waals surface area contributed by atoms with Gasteiger partial charge in [0.1, 0.15) is 0 Å². The number of nitrogens with zero attached hydrogens (tertiary/aromatic N) is 1. The van der Waals surface area contributed by atoms with Crippen molar-refractivity contribution in [3.8, 4) is 11.8 Å². The molecular formula is C18H18N2O2. The summed E-state index contributed by atoms with van der Waals surface area (Å²) in [4.78, 5) is 16.5. The average Bonchev–Trinajstić information content (AvgIpc) is 2.54. The van der Waals surface area contributed by atoms with Crippen molar-refractivity contribution in [2.45, 2.75) is 6.92 Å². The summed E-state index contributed by atoms with van der Waals surface area (Å²) >= 11 is 0. The van der Waals surface area contributed by atoms with Gasteiger partial charge in [-0.05, 0) is 37.3 Å². The average molecular weight is 294 g/mol. The Kier molecular flexibility index (Phi) is 5.18. The molecular weight excluding hydrogens is 276 g/mol. The number of carbonyl (C=O) groups is 1. The Bertz CT molecular complexity index is 712. The molecule has 4 nitrogen and oxygen atoms in total.